The normalized spacial score (nSPS) is 10.3. The van der Waals surface area contributed by atoms with Crippen molar-refractivity contribution >= 4 is 15.9 Å². The van der Waals surface area contributed by atoms with Gasteiger partial charge in [-0.25, -0.2) is 9.97 Å². The molecule has 2 aromatic heterocycles. The highest BCUT2D eigenvalue weighted by molar-refractivity contribution is 9.10. The van der Waals surface area contributed by atoms with Crippen molar-refractivity contribution in [1.82, 2.24) is 19.7 Å². The maximum absolute atomic E-state index is 5.34. The summed E-state index contributed by atoms with van der Waals surface area (Å²) in [5.41, 5.74) is 0.851. The molecule has 6 heteroatoms. The molecule has 2 heterocycles. The number of hydrogen-bond donors (Lipinski definition) is 0. The molecule has 0 saturated heterocycles. The molecule has 0 bridgehead atoms. The van der Waals surface area contributed by atoms with Gasteiger partial charge in [-0.1, -0.05) is 0 Å². The lowest BCUT2D eigenvalue weighted by Crippen LogP contribution is -2.00. The van der Waals surface area contributed by atoms with Crippen molar-refractivity contribution in [3.8, 4) is 6.01 Å². The van der Waals surface area contributed by atoms with E-state index in [2.05, 4.69) is 31.0 Å². The van der Waals surface area contributed by atoms with E-state index in [-0.39, 0.29) is 0 Å². The Kier molecular flexibility index (Phi) is 2.96. The fourth-order valence-electron chi connectivity index (χ4n) is 1.05. The van der Waals surface area contributed by atoms with E-state index in [0.717, 1.165) is 10.2 Å². The van der Waals surface area contributed by atoms with Crippen LogP contribution in [0.25, 0.3) is 0 Å². The van der Waals surface area contributed by atoms with Gasteiger partial charge in [-0.2, -0.15) is 5.10 Å². The van der Waals surface area contributed by atoms with Gasteiger partial charge < -0.3 is 4.74 Å². The summed E-state index contributed by atoms with van der Waals surface area (Å²) >= 11 is 3.25. The van der Waals surface area contributed by atoms with Gasteiger partial charge in [0.05, 0.1) is 10.2 Å². The largest absolute Gasteiger partial charge is 0.457 e. The van der Waals surface area contributed by atoms with Crippen LogP contribution in [0.2, 0.25) is 0 Å². The Bertz CT molecular complexity index is 440. The minimum absolute atomic E-state index is 0.351. The summed E-state index contributed by atoms with van der Waals surface area (Å²) in [5.74, 6) is 0. The SMILES string of the molecule is Cn1ccc(COc2ncc(Br)cn2)n1. The first-order valence-electron chi connectivity index (χ1n) is 4.33. The van der Waals surface area contributed by atoms with Gasteiger partial charge in [0.25, 0.3) is 0 Å². The van der Waals surface area contributed by atoms with Crippen LogP contribution >= 0.6 is 15.9 Å². The van der Waals surface area contributed by atoms with Gasteiger partial charge in [-0.3, -0.25) is 4.68 Å². The van der Waals surface area contributed by atoms with E-state index >= 15 is 0 Å². The molecule has 5 nitrogen and oxygen atoms in total. The lowest BCUT2D eigenvalue weighted by molar-refractivity contribution is 0.275. The average Bonchev–Trinajstić information content (AvgIpc) is 2.64. The molecule has 0 aliphatic heterocycles. The number of rotatable bonds is 3. The second-order valence-electron chi connectivity index (χ2n) is 2.95. The van der Waals surface area contributed by atoms with Crippen molar-refractivity contribution in [3.05, 3.63) is 34.8 Å². The first kappa shape index (κ1) is 10.1. The monoisotopic (exact) mass is 268 g/mol. The summed E-state index contributed by atoms with van der Waals surface area (Å²) in [4.78, 5) is 7.97. The van der Waals surface area contributed by atoms with Crippen molar-refractivity contribution in [1.29, 1.82) is 0 Å². The summed E-state index contributed by atoms with van der Waals surface area (Å²) in [5, 5.41) is 4.17. The highest BCUT2D eigenvalue weighted by atomic mass is 79.9. The number of nitrogens with zero attached hydrogens (tertiary/aromatic N) is 4. The summed E-state index contributed by atoms with van der Waals surface area (Å²) in [6.45, 7) is 0.377. The van der Waals surface area contributed by atoms with Crippen LogP contribution in [-0.4, -0.2) is 19.7 Å². The standard InChI is InChI=1S/C9H9BrN4O/c1-14-3-2-8(13-14)6-15-9-11-4-7(10)5-12-9/h2-5H,6H2,1H3. The molecule has 2 rings (SSSR count). The minimum atomic E-state index is 0.351. The second-order valence-corrected chi connectivity index (χ2v) is 3.87. The highest BCUT2D eigenvalue weighted by Crippen LogP contribution is 2.09. The van der Waals surface area contributed by atoms with Crippen LogP contribution in [0.4, 0.5) is 0 Å². The van der Waals surface area contributed by atoms with Crippen LogP contribution in [0.3, 0.4) is 0 Å². The molecule has 78 valence electrons. The maximum Gasteiger partial charge on any atom is 0.316 e. The summed E-state index contributed by atoms with van der Waals surface area (Å²) in [6, 6.07) is 2.24. The van der Waals surface area contributed by atoms with Gasteiger partial charge in [0.2, 0.25) is 0 Å². The van der Waals surface area contributed by atoms with Crippen LogP contribution < -0.4 is 4.74 Å². The van der Waals surface area contributed by atoms with E-state index in [1.54, 1.807) is 17.1 Å². The molecule has 0 amide bonds. The topological polar surface area (TPSA) is 52.8 Å². The van der Waals surface area contributed by atoms with E-state index in [0.29, 0.717) is 12.6 Å². The highest BCUT2D eigenvalue weighted by Gasteiger charge is 2.00. The molecular formula is C9H9BrN4O. The van der Waals surface area contributed by atoms with Gasteiger partial charge in [0.1, 0.15) is 6.61 Å². The van der Waals surface area contributed by atoms with Crippen LogP contribution in [0, 0.1) is 0 Å². The van der Waals surface area contributed by atoms with Gasteiger partial charge in [0.15, 0.2) is 0 Å². The van der Waals surface area contributed by atoms with Crippen LogP contribution in [0.15, 0.2) is 29.1 Å². The fraction of sp³-hybridized carbons (Fsp3) is 0.222. The van der Waals surface area contributed by atoms with Crippen LogP contribution in [0.1, 0.15) is 5.69 Å². The second kappa shape index (κ2) is 4.39. The Hall–Kier alpha value is -1.43. The molecule has 2 aromatic rings. The predicted molar refractivity (Wildman–Crippen MR) is 57.3 cm³/mol. The fourth-order valence-corrected chi connectivity index (χ4v) is 1.26. The quantitative estimate of drug-likeness (QED) is 0.848. The molecule has 0 saturated carbocycles. The van der Waals surface area contributed by atoms with Gasteiger partial charge in [-0.15, -0.1) is 0 Å². The Morgan fingerprint density at radius 1 is 1.40 bits per heavy atom. The molecule has 0 aliphatic carbocycles. The first-order valence-corrected chi connectivity index (χ1v) is 5.12. The summed E-state index contributed by atoms with van der Waals surface area (Å²) in [6.07, 6.45) is 5.14. The Labute approximate surface area is 95.2 Å². The molecule has 0 radical (unpaired) electrons. The predicted octanol–water partition coefficient (Wildman–Crippen LogP) is 1.55. The Morgan fingerprint density at radius 3 is 2.73 bits per heavy atom. The van der Waals surface area contributed by atoms with Crippen molar-refractivity contribution in [3.63, 3.8) is 0 Å². The molecular weight excluding hydrogens is 260 g/mol. The van der Waals surface area contributed by atoms with E-state index in [4.69, 9.17) is 4.74 Å². The molecule has 0 fully saturated rings. The minimum Gasteiger partial charge on any atom is -0.457 e. The van der Waals surface area contributed by atoms with Crippen molar-refractivity contribution in [2.45, 2.75) is 6.61 Å². The van der Waals surface area contributed by atoms with E-state index < -0.39 is 0 Å². The van der Waals surface area contributed by atoms with Crippen molar-refractivity contribution in [2.75, 3.05) is 0 Å². The number of aromatic nitrogens is 4. The van der Waals surface area contributed by atoms with Crippen molar-refractivity contribution in [2.24, 2.45) is 7.05 Å². The van der Waals surface area contributed by atoms with Gasteiger partial charge >= 0.3 is 6.01 Å². The number of aryl methyl sites for hydroxylation is 1. The number of halogens is 1. The zero-order valence-electron chi connectivity index (χ0n) is 8.09. The summed E-state index contributed by atoms with van der Waals surface area (Å²) < 4.78 is 7.89. The third-order valence-corrected chi connectivity index (χ3v) is 2.12. The lowest BCUT2D eigenvalue weighted by atomic mass is 10.5. The smallest absolute Gasteiger partial charge is 0.316 e. The van der Waals surface area contributed by atoms with Gasteiger partial charge in [-0.05, 0) is 22.0 Å². The van der Waals surface area contributed by atoms with Crippen LogP contribution in [-0.2, 0) is 13.7 Å². The maximum atomic E-state index is 5.34. The molecule has 0 aromatic carbocycles. The molecule has 0 atom stereocenters. The average molecular weight is 269 g/mol. The Balaban J connectivity index is 1.96. The lowest BCUT2D eigenvalue weighted by Gasteiger charge is -2.00. The molecule has 0 spiro atoms. The molecule has 0 aliphatic rings. The van der Waals surface area contributed by atoms with Crippen molar-refractivity contribution < 1.29 is 4.74 Å². The third-order valence-electron chi connectivity index (χ3n) is 1.71. The number of ether oxygens (including phenoxy) is 1. The summed E-state index contributed by atoms with van der Waals surface area (Å²) in [7, 11) is 1.86. The molecule has 0 unspecified atom stereocenters. The third kappa shape index (κ3) is 2.76. The molecule has 0 N–H and O–H groups in total. The van der Waals surface area contributed by atoms with E-state index in [1.807, 2.05) is 19.3 Å². The zero-order chi connectivity index (χ0) is 10.7. The first-order chi connectivity index (χ1) is 7.24. The zero-order valence-corrected chi connectivity index (χ0v) is 9.68. The number of hydrogen-bond acceptors (Lipinski definition) is 4. The van der Waals surface area contributed by atoms with E-state index in [1.165, 1.54) is 0 Å². The Morgan fingerprint density at radius 2 is 2.13 bits per heavy atom. The van der Waals surface area contributed by atoms with Gasteiger partial charge in [0, 0.05) is 25.6 Å². The van der Waals surface area contributed by atoms with Crippen LogP contribution in [0.5, 0.6) is 6.01 Å². The molecule has 15 heavy (non-hydrogen) atoms. The van der Waals surface area contributed by atoms with E-state index in [9.17, 15) is 0 Å².